The van der Waals surface area contributed by atoms with Gasteiger partial charge in [0.25, 0.3) is 0 Å². The summed E-state index contributed by atoms with van der Waals surface area (Å²) in [6.07, 6.45) is 0. The Morgan fingerprint density at radius 3 is 1.60 bits per heavy atom. The minimum atomic E-state index is 0. The summed E-state index contributed by atoms with van der Waals surface area (Å²) >= 11 is 0. The zero-order valence-electron chi connectivity index (χ0n) is 3.57. The van der Waals surface area contributed by atoms with Crippen molar-refractivity contribution in [2.75, 3.05) is 0 Å². The average Bonchev–Trinajstić information content (AvgIpc) is 0.918. The minimum Gasteiger partial charge on any atom is -0.344 e. The molecule has 0 amide bonds. The maximum atomic E-state index is 3.42. The molecular weight excluding hydrogens is 76.9 g/mol. The van der Waals surface area contributed by atoms with Gasteiger partial charge in [0.15, 0.2) is 0 Å². The van der Waals surface area contributed by atoms with Crippen molar-refractivity contribution in [3.63, 3.8) is 0 Å². The highest BCUT2D eigenvalue weighted by molar-refractivity contribution is 6.16. The largest absolute Gasteiger partial charge is 0.344 e. The fraction of sp³-hybridized carbons (Fsp3) is 0. The van der Waals surface area contributed by atoms with E-state index in [4.69, 9.17) is 0 Å². The van der Waals surface area contributed by atoms with Crippen molar-refractivity contribution in [3.8, 4) is 0 Å². The molecule has 0 heterocycles. The number of hydrogen-bond acceptors (Lipinski definition) is 1. The second kappa shape index (κ2) is 36.7. The molecule has 0 aliphatic heterocycles. The average molecular weight is 86.0 g/mol. The third-order valence-electron chi connectivity index (χ3n) is 0. The van der Waals surface area contributed by atoms with Crippen LogP contribution in [0.15, 0.2) is 12.3 Å². The first-order chi connectivity index (χ1) is 1.41. The summed E-state index contributed by atoms with van der Waals surface area (Å²) in [5.74, 6) is 0. The molecule has 5 heavy (non-hydrogen) atoms. The van der Waals surface area contributed by atoms with Gasteiger partial charge in [0.05, 0.1) is 0 Å². The van der Waals surface area contributed by atoms with E-state index in [9.17, 15) is 0 Å². The van der Waals surface area contributed by atoms with Crippen molar-refractivity contribution >= 4 is 18.7 Å². The molecule has 29 valence electrons. The Hall–Kier alpha value is -0.0182. The van der Waals surface area contributed by atoms with Crippen molar-refractivity contribution in [2.24, 2.45) is 0 Å². The SMILES string of the molecule is C=C[SiH3].N.[B]. The summed E-state index contributed by atoms with van der Waals surface area (Å²) in [7, 11) is 1.13. The lowest BCUT2D eigenvalue weighted by molar-refractivity contribution is 2.13. The first-order valence-corrected chi connectivity index (χ1v) is 2.14. The molecule has 0 aliphatic rings. The molecule has 0 atom stereocenters. The monoisotopic (exact) mass is 86.1 g/mol. The summed E-state index contributed by atoms with van der Waals surface area (Å²) in [6.45, 7) is 3.42. The van der Waals surface area contributed by atoms with Gasteiger partial charge in [0.2, 0.25) is 0 Å². The molecular formula is C2H9BNSi. The van der Waals surface area contributed by atoms with Crippen LogP contribution in [0.3, 0.4) is 0 Å². The van der Waals surface area contributed by atoms with Crippen LogP contribution in [0, 0.1) is 0 Å². The number of rotatable bonds is 0. The van der Waals surface area contributed by atoms with Gasteiger partial charge in [0.1, 0.15) is 0 Å². The molecule has 3 heteroatoms. The smallest absolute Gasteiger partial charge is 0.0283 e. The molecule has 0 fully saturated rings. The van der Waals surface area contributed by atoms with Crippen LogP contribution in [0.4, 0.5) is 0 Å². The zero-order chi connectivity index (χ0) is 2.71. The molecule has 0 saturated carbocycles. The lowest BCUT2D eigenvalue weighted by Crippen LogP contribution is -1.29. The third-order valence-corrected chi connectivity index (χ3v) is 0. The molecule has 0 bridgehead atoms. The van der Waals surface area contributed by atoms with Crippen LogP contribution in [0.1, 0.15) is 0 Å². The van der Waals surface area contributed by atoms with E-state index in [0.717, 1.165) is 10.2 Å². The van der Waals surface area contributed by atoms with Gasteiger partial charge < -0.3 is 6.15 Å². The molecule has 0 saturated heterocycles. The lowest BCUT2D eigenvalue weighted by Gasteiger charge is -1.29. The van der Waals surface area contributed by atoms with E-state index in [1.807, 2.05) is 5.70 Å². The maximum Gasteiger partial charge on any atom is 0.0283 e. The maximum absolute atomic E-state index is 3.42. The summed E-state index contributed by atoms with van der Waals surface area (Å²) in [5, 5.41) is 0. The van der Waals surface area contributed by atoms with Crippen LogP contribution in [-0.4, -0.2) is 18.7 Å². The normalized spacial score (nSPS) is 3.20. The minimum absolute atomic E-state index is 0. The Morgan fingerprint density at radius 2 is 1.60 bits per heavy atom. The van der Waals surface area contributed by atoms with Crippen LogP contribution >= 0.6 is 0 Å². The fourth-order valence-electron chi connectivity index (χ4n) is 0. The fourth-order valence-corrected chi connectivity index (χ4v) is 0. The Kier molecular flexibility index (Phi) is 148. The van der Waals surface area contributed by atoms with Crippen LogP contribution in [0.5, 0.6) is 0 Å². The number of hydrogen-bond donors (Lipinski definition) is 1. The molecule has 3 radical (unpaired) electrons. The summed E-state index contributed by atoms with van der Waals surface area (Å²) in [5.41, 5.74) is 1.89. The standard InChI is InChI=1S/C2H6Si.B.H3N/c1-2-3;;/h2H,1H2,3H3;;1H3. The topological polar surface area (TPSA) is 35.0 Å². The highest BCUT2D eigenvalue weighted by Gasteiger charge is 1.16. The van der Waals surface area contributed by atoms with Crippen LogP contribution in [-0.2, 0) is 0 Å². The molecule has 0 aromatic rings. The van der Waals surface area contributed by atoms with Gasteiger partial charge in [-0.1, -0.05) is 0 Å². The van der Waals surface area contributed by atoms with Gasteiger partial charge >= 0.3 is 0 Å². The van der Waals surface area contributed by atoms with E-state index in [-0.39, 0.29) is 14.6 Å². The van der Waals surface area contributed by atoms with E-state index >= 15 is 0 Å². The van der Waals surface area contributed by atoms with Gasteiger partial charge in [-0.05, 0) is 0 Å². The highest BCUT2D eigenvalue weighted by atomic mass is 28.1. The van der Waals surface area contributed by atoms with Crippen molar-refractivity contribution < 1.29 is 0 Å². The van der Waals surface area contributed by atoms with Gasteiger partial charge in [-0.25, -0.2) is 0 Å². The molecule has 1 nitrogen and oxygen atoms in total. The van der Waals surface area contributed by atoms with Crippen LogP contribution in [0.25, 0.3) is 0 Å². The van der Waals surface area contributed by atoms with Crippen molar-refractivity contribution in [3.05, 3.63) is 12.3 Å². The van der Waals surface area contributed by atoms with Crippen molar-refractivity contribution in [1.29, 1.82) is 0 Å². The van der Waals surface area contributed by atoms with Crippen LogP contribution in [0.2, 0.25) is 0 Å². The molecule has 0 spiro atoms. The second-order valence-corrected chi connectivity index (χ2v) is 1.22. The Balaban J connectivity index is -0.0000000200. The molecule has 3 N–H and O–H groups in total. The Labute approximate surface area is 38.0 Å². The summed E-state index contributed by atoms with van der Waals surface area (Å²) in [4.78, 5) is 0. The lowest BCUT2D eigenvalue weighted by atomic mass is 10.8. The van der Waals surface area contributed by atoms with Gasteiger partial charge in [-0.2, -0.15) is 0 Å². The quantitative estimate of drug-likeness (QED) is 0.388. The van der Waals surface area contributed by atoms with E-state index in [0.29, 0.717) is 0 Å². The molecule has 0 aromatic carbocycles. The Bertz CT molecular complexity index is 17.1. The predicted octanol–water partition coefficient (Wildman–Crippen LogP) is -0.724. The second-order valence-electron chi connectivity index (χ2n) is 0.408. The van der Waals surface area contributed by atoms with Gasteiger partial charge in [0, 0.05) is 18.7 Å². The van der Waals surface area contributed by atoms with Crippen LogP contribution < -0.4 is 6.15 Å². The highest BCUT2D eigenvalue weighted by Crippen LogP contribution is 1.24. The van der Waals surface area contributed by atoms with E-state index in [1.54, 1.807) is 0 Å². The Morgan fingerprint density at radius 1 is 1.60 bits per heavy atom. The molecule has 0 unspecified atom stereocenters. The summed E-state index contributed by atoms with van der Waals surface area (Å²) in [6, 6.07) is 0. The van der Waals surface area contributed by atoms with E-state index in [2.05, 4.69) is 6.58 Å². The van der Waals surface area contributed by atoms with E-state index in [1.165, 1.54) is 0 Å². The van der Waals surface area contributed by atoms with Gasteiger partial charge in [-0.3, -0.25) is 0 Å². The first-order valence-electron chi connectivity index (χ1n) is 0.986. The van der Waals surface area contributed by atoms with E-state index < -0.39 is 0 Å². The molecule has 0 rings (SSSR count). The molecule has 0 aromatic heterocycles. The summed E-state index contributed by atoms with van der Waals surface area (Å²) < 4.78 is 0. The van der Waals surface area contributed by atoms with Crippen molar-refractivity contribution in [1.82, 2.24) is 6.15 Å². The van der Waals surface area contributed by atoms with Gasteiger partial charge in [-0.15, -0.1) is 12.3 Å². The third kappa shape index (κ3) is 47300. The van der Waals surface area contributed by atoms with Crippen molar-refractivity contribution in [2.45, 2.75) is 0 Å². The predicted molar refractivity (Wildman–Crippen MR) is 30.9 cm³/mol. The molecule has 0 aliphatic carbocycles. The first kappa shape index (κ1) is 20.1. The zero-order valence-corrected chi connectivity index (χ0v) is 5.57.